The number of pyridine rings is 1. The van der Waals surface area contributed by atoms with Gasteiger partial charge < -0.3 is 5.32 Å². The maximum Gasteiger partial charge on any atom is 0.227 e. The van der Waals surface area contributed by atoms with E-state index in [0.29, 0.717) is 18.0 Å². The summed E-state index contributed by atoms with van der Waals surface area (Å²) in [6.45, 7) is 4.61. The molecule has 0 fully saturated rings. The quantitative estimate of drug-likeness (QED) is 0.735. The van der Waals surface area contributed by atoms with Crippen molar-refractivity contribution in [3.05, 3.63) is 65.1 Å². The number of hydrogen-bond donors (Lipinski definition) is 1. The number of nitrogens with zero attached hydrogens (tertiary/aromatic N) is 3. The highest BCUT2D eigenvalue weighted by Crippen LogP contribution is 2.25. The van der Waals surface area contributed by atoms with Crippen LogP contribution >= 0.6 is 11.6 Å². The summed E-state index contributed by atoms with van der Waals surface area (Å²) in [7, 11) is 0. The van der Waals surface area contributed by atoms with Crippen LogP contribution < -0.4 is 5.32 Å². The van der Waals surface area contributed by atoms with Gasteiger partial charge in [0, 0.05) is 24.2 Å². The lowest BCUT2D eigenvalue weighted by Gasteiger charge is -2.20. The van der Waals surface area contributed by atoms with Gasteiger partial charge in [0.1, 0.15) is 5.82 Å². The van der Waals surface area contributed by atoms with Gasteiger partial charge in [0.25, 0.3) is 0 Å². The molecule has 130 valence electrons. The van der Waals surface area contributed by atoms with Gasteiger partial charge >= 0.3 is 0 Å². The van der Waals surface area contributed by atoms with Gasteiger partial charge in [0.2, 0.25) is 5.91 Å². The standard InChI is InChI=1S/C19H21ClN4O/c1-13(2)18(14-6-8-15(20)9-7-14)19(25)21-11-10-17-23-22-16-5-3-4-12-24(16)17/h3-9,12-13,18H,10-11H2,1-2H3,(H,21,25)/t18-/m0/s1. The van der Waals surface area contributed by atoms with Crippen LogP contribution in [0.3, 0.4) is 0 Å². The Balaban J connectivity index is 1.65. The van der Waals surface area contributed by atoms with Gasteiger partial charge in [-0.15, -0.1) is 10.2 Å². The van der Waals surface area contributed by atoms with Gasteiger partial charge in [0.15, 0.2) is 5.65 Å². The molecule has 25 heavy (non-hydrogen) atoms. The number of rotatable bonds is 6. The van der Waals surface area contributed by atoms with Crippen LogP contribution in [0.15, 0.2) is 48.7 Å². The molecule has 6 heteroatoms. The molecule has 1 atom stereocenters. The summed E-state index contributed by atoms with van der Waals surface area (Å²) >= 11 is 5.95. The molecule has 1 N–H and O–H groups in total. The van der Waals surface area contributed by atoms with Crippen molar-refractivity contribution in [3.8, 4) is 0 Å². The zero-order chi connectivity index (χ0) is 17.8. The molecular weight excluding hydrogens is 336 g/mol. The van der Waals surface area contributed by atoms with Gasteiger partial charge in [-0.05, 0) is 35.7 Å². The summed E-state index contributed by atoms with van der Waals surface area (Å²) in [6, 6.07) is 13.2. The predicted molar refractivity (Wildman–Crippen MR) is 98.7 cm³/mol. The Morgan fingerprint density at radius 3 is 2.64 bits per heavy atom. The van der Waals surface area contributed by atoms with Crippen molar-refractivity contribution in [3.63, 3.8) is 0 Å². The van der Waals surface area contributed by atoms with Crippen LogP contribution in [0, 0.1) is 5.92 Å². The van der Waals surface area contributed by atoms with Gasteiger partial charge in [-0.25, -0.2) is 0 Å². The average molecular weight is 357 g/mol. The Morgan fingerprint density at radius 1 is 1.16 bits per heavy atom. The van der Waals surface area contributed by atoms with Crippen LogP contribution in [0.4, 0.5) is 0 Å². The van der Waals surface area contributed by atoms with Gasteiger partial charge in [-0.3, -0.25) is 9.20 Å². The molecule has 2 aromatic heterocycles. The number of benzene rings is 1. The minimum Gasteiger partial charge on any atom is -0.355 e. The van der Waals surface area contributed by atoms with E-state index in [9.17, 15) is 4.79 Å². The third kappa shape index (κ3) is 3.99. The number of amides is 1. The van der Waals surface area contributed by atoms with Crippen LogP contribution in [0.1, 0.15) is 31.2 Å². The monoisotopic (exact) mass is 356 g/mol. The summed E-state index contributed by atoms with van der Waals surface area (Å²) in [5, 5.41) is 12.0. The summed E-state index contributed by atoms with van der Waals surface area (Å²) in [4.78, 5) is 12.7. The maximum absolute atomic E-state index is 12.7. The van der Waals surface area contributed by atoms with E-state index in [1.54, 1.807) is 0 Å². The second-order valence-corrected chi connectivity index (χ2v) is 6.80. The Hall–Kier alpha value is -2.40. The Kier molecular flexibility index (Phi) is 5.34. The molecule has 1 aromatic carbocycles. The first-order valence-electron chi connectivity index (χ1n) is 8.38. The predicted octanol–water partition coefficient (Wildman–Crippen LogP) is 3.48. The summed E-state index contributed by atoms with van der Waals surface area (Å²) < 4.78 is 1.94. The van der Waals surface area contributed by atoms with Crippen molar-refractivity contribution in [1.29, 1.82) is 0 Å². The van der Waals surface area contributed by atoms with E-state index in [4.69, 9.17) is 11.6 Å². The zero-order valence-electron chi connectivity index (χ0n) is 14.3. The molecule has 5 nitrogen and oxygen atoms in total. The second kappa shape index (κ2) is 7.66. The van der Waals surface area contributed by atoms with Crippen molar-refractivity contribution in [2.75, 3.05) is 6.54 Å². The average Bonchev–Trinajstić information content (AvgIpc) is 3.00. The molecule has 0 saturated carbocycles. The van der Waals surface area contributed by atoms with E-state index in [1.807, 2.05) is 66.9 Å². The first kappa shape index (κ1) is 17.4. The van der Waals surface area contributed by atoms with E-state index >= 15 is 0 Å². The van der Waals surface area contributed by atoms with Crippen molar-refractivity contribution < 1.29 is 4.79 Å². The lowest BCUT2D eigenvalue weighted by atomic mass is 9.87. The SMILES string of the molecule is CC(C)[C@H](C(=O)NCCc1nnc2ccccn12)c1ccc(Cl)cc1. The second-order valence-electron chi connectivity index (χ2n) is 6.36. The fourth-order valence-electron chi connectivity index (χ4n) is 2.98. The topological polar surface area (TPSA) is 59.3 Å². The summed E-state index contributed by atoms with van der Waals surface area (Å²) in [5.41, 5.74) is 1.79. The summed E-state index contributed by atoms with van der Waals surface area (Å²) in [6.07, 6.45) is 2.56. The molecule has 0 spiro atoms. The number of hydrogen-bond acceptors (Lipinski definition) is 3. The van der Waals surface area contributed by atoms with E-state index in [-0.39, 0.29) is 17.7 Å². The van der Waals surface area contributed by atoms with Crippen LogP contribution in [-0.4, -0.2) is 27.0 Å². The Bertz CT molecular complexity index is 857. The molecule has 0 aliphatic carbocycles. The molecule has 1 amide bonds. The lowest BCUT2D eigenvalue weighted by molar-refractivity contribution is -0.123. The fraction of sp³-hybridized carbons (Fsp3) is 0.316. The Morgan fingerprint density at radius 2 is 1.92 bits per heavy atom. The number of carbonyl (C=O) groups excluding carboxylic acids is 1. The minimum atomic E-state index is -0.201. The molecule has 3 rings (SSSR count). The van der Waals surface area contributed by atoms with Crippen LogP contribution in [0.2, 0.25) is 5.02 Å². The molecule has 3 aromatic rings. The first-order chi connectivity index (χ1) is 12.1. The Labute approximate surface area is 152 Å². The van der Waals surface area contributed by atoms with E-state index < -0.39 is 0 Å². The third-order valence-electron chi connectivity index (χ3n) is 4.21. The number of halogens is 1. The molecule has 0 bridgehead atoms. The third-order valence-corrected chi connectivity index (χ3v) is 4.46. The highest BCUT2D eigenvalue weighted by atomic mass is 35.5. The molecule has 0 radical (unpaired) electrons. The molecule has 0 aliphatic rings. The van der Waals surface area contributed by atoms with Crippen LogP contribution in [0.25, 0.3) is 5.65 Å². The molecule has 0 aliphatic heterocycles. The van der Waals surface area contributed by atoms with Crippen molar-refractivity contribution in [2.24, 2.45) is 5.92 Å². The van der Waals surface area contributed by atoms with Crippen LogP contribution in [-0.2, 0) is 11.2 Å². The lowest BCUT2D eigenvalue weighted by Crippen LogP contribution is -2.33. The van der Waals surface area contributed by atoms with Crippen LogP contribution in [0.5, 0.6) is 0 Å². The van der Waals surface area contributed by atoms with Crippen molar-refractivity contribution in [2.45, 2.75) is 26.2 Å². The summed E-state index contributed by atoms with van der Waals surface area (Å²) in [5.74, 6) is 0.845. The molecule has 0 saturated heterocycles. The van der Waals surface area contributed by atoms with Gasteiger partial charge in [-0.2, -0.15) is 0 Å². The fourth-order valence-corrected chi connectivity index (χ4v) is 3.10. The minimum absolute atomic E-state index is 0.0196. The zero-order valence-corrected chi connectivity index (χ0v) is 15.1. The highest BCUT2D eigenvalue weighted by molar-refractivity contribution is 6.30. The largest absolute Gasteiger partial charge is 0.355 e. The van der Waals surface area contributed by atoms with E-state index in [2.05, 4.69) is 15.5 Å². The maximum atomic E-state index is 12.7. The molecule has 0 unspecified atom stereocenters. The number of carbonyl (C=O) groups is 1. The van der Waals surface area contributed by atoms with Crippen molar-refractivity contribution >= 4 is 23.2 Å². The normalized spacial score (nSPS) is 12.5. The first-order valence-corrected chi connectivity index (χ1v) is 8.76. The molecular formula is C19H21ClN4O. The smallest absolute Gasteiger partial charge is 0.227 e. The highest BCUT2D eigenvalue weighted by Gasteiger charge is 2.23. The van der Waals surface area contributed by atoms with E-state index in [1.165, 1.54) is 0 Å². The van der Waals surface area contributed by atoms with Crippen molar-refractivity contribution in [1.82, 2.24) is 19.9 Å². The molecule has 2 heterocycles. The number of fused-ring (bicyclic) bond motifs is 1. The van der Waals surface area contributed by atoms with Gasteiger partial charge in [-0.1, -0.05) is 43.6 Å². The number of nitrogens with one attached hydrogen (secondary N) is 1. The van der Waals surface area contributed by atoms with E-state index in [0.717, 1.165) is 17.0 Å². The van der Waals surface area contributed by atoms with Gasteiger partial charge in [0.05, 0.1) is 5.92 Å². The number of aromatic nitrogens is 3.